The maximum Gasteiger partial charge on any atom is 0.410 e. The summed E-state index contributed by atoms with van der Waals surface area (Å²) in [6.07, 6.45) is 1.02. The van der Waals surface area contributed by atoms with E-state index < -0.39 is 77.6 Å². The van der Waals surface area contributed by atoms with Gasteiger partial charge in [-0.1, -0.05) is 32.1 Å². The van der Waals surface area contributed by atoms with Crippen LogP contribution in [0.3, 0.4) is 0 Å². The van der Waals surface area contributed by atoms with E-state index in [1.165, 1.54) is 13.8 Å². The molecule has 17 nitrogen and oxygen atoms in total. The number of cyclic esters (lactones) is 1. The number of ketones is 1. The molecule has 0 aromatic carbocycles. The molecule has 5 rings (SSSR count). The lowest BCUT2D eigenvalue weighted by molar-refractivity contribution is -0.295. The number of likely N-dealkylation sites (N-methyl/N-ethyl adjacent to an activating group) is 1. The zero-order valence-corrected chi connectivity index (χ0v) is 38.1. The van der Waals surface area contributed by atoms with Crippen molar-refractivity contribution in [2.45, 2.75) is 161 Å². The van der Waals surface area contributed by atoms with Crippen molar-refractivity contribution < 1.29 is 48.0 Å². The summed E-state index contributed by atoms with van der Waals surface area (Å²) in [7, 11) is 5.31. The minimum absolute atomic E-state index is 0.211. The van der Waals surface area contributed by atoms with Gasteiger partial charge in [-0.15, -0.1) is 5.10 Å². The molecule has 2 aromatic rings. The highest BCUT2D eigenvalue weighted by Crippen LogP contribution is 2.41. The zero-order chi connectivity index (χ0) is 45.0. The molecular formula is C44H69N7O10. The maximum absolute atomic E-state index is 14.5. The summed E-state index contributed by atoms with van der Waals surface area (Å²) in [4.78, 5) is 66.0. The Morgan fingerprint density at radius 3 is 2.38 bits per heavy atom. The molecule has 1 N–H and O–H groups in total. The number of amides is 2. The summed E-state index contributed by atoms with van der Waals surface area (Å²) in [5.41, 5.74) is -1.18. The first-order chi connectivity index (χ1) is 28.8. The number of aryl methyl sites for hydroxylation is 1. The van der Waals surface area contributed by atoms with Crippen molar-refractivity contribution in [3.8, 4) is 11.4 Å². The van der Waals surface area contributed by atoms with E-state index in [-0.39, 0.29) is 36.9 Å². The van der Waals surface area contributed by atoms with Gasteiger partial charge in [0.05, 0.1) is 41.8 Å². The minimum Gasteiger partial charge on any atom is -0.458 e. The smallest absolute Gasteiger partial charge is 0.410 e. The summed E-state index contributed by atoms with van der Waals surface area (Å²) < 4.78 is 33.3. The van der Waals surface area contributed by atoms with Crippen molar-refractivity contribution in [1.29, 1.82) is 0 Å². The summed E-state index contributed by atoms with van der Waals surface area (Å²) in [6, 6.07) is 4.00. The topological polar surface area (TPSA) is 188 Å². The number of aromatic nitrogens is 4. The highest BCUT2D eigenvalue weighted by molar-refractivity contribution is 6.00. The van der Waals surface area contributed by atoms with Gasteiger partial charge in [-0.05, 0) is 98.9 Å². The Balaban J connectivity index is 1.46. The molecule has 61 heavy (non-hydrogen) atoms. The van der Waals surface area contributed by atoms with Crippen LogP contribution >= 0.6 is 0 Å². The third-order valence-corrected chi connectivity index (χ3v) is 13.2. The van der Waals surface area contributed by atoms with Crippen LogP contribution < -0.4 is 0 Å². The Hall–Kier alpha value is -4.03. The van der Waals surface area contributed by atoms with Gasteiger partial charge in [0, 0.05) is 51.8 Å². The standard InChI is InChI=1S/C44H69N7O10/c1-13-35-44(9)38(50(42(56)61-44)21-17-16-20-49-25-33(46-47-49)32-18-14-15-19-45-32)30(6)51(31(7)52)24-26(2)23-43(8,57-12)39(28(4)36(53)29(5)40(55)59-35)60-41-37(54)34(48(10)11)22-27(3)58-41/h14-15,18-19,25-30,34-35,37-39,41,54H,13,16-17,20-24H2,1-12H3/t26-,27?,28+,29-,30-,34?,35-,37?,38-,39-,41+,43-,44-/m1/s1. The first kappa shape index (κ1) is 48.0. The monoisotopic (exact) mass is 856 g/mol. The van der Waals surface area contributed by atoms with Crippen molar-refractivity contribution in [3.05, 3.63) is 30.6 Å². The average Bonchev–Trinajstić information content (AvgIpc) is 3.80. The highest BCUT2D eigenvalue weighted by atomic mass is 16.7. The van der Waals surface area contributed by atoms with E-state index in [0.29, 0.717) is 44.5 Å². The van der Waals surface area contributed by atoms with Crippen LogP contribution in [-0.2, 0) is 44.6 Å². The van der Waals surface area contributed by atoms with Crippen molar-refractivity contribution in [2.75, 3.05) is 34.3 Å². The molecule has 3 fully saturated rings. The zero-order valence-electron chi connectivity index (χ0n) is 38.1. The molecule has 5 heterocycles. The van der Waals surface area contributed by atoms with Crippen LogP contribution in [-0.4, -0.2) is 158 Å². The Morgan fingerprint density at radius 2 is 1.75 bits per heavy atom. The van der Waals surface area contributed by atoms with Crippen molar-refractivity contribution in [3.63, 3.8) is 0 Å². The predicted molar refractivity (Wildman–Crippen MR) is 225 cm³/mol. The maximum atomic E-state index is 14.5. The van der Waals surface area contributed by atoms with Crippen LogP contribution in [0.2, 0.25) is 0 Å². The first-order valence-electron chi connectivity index (χ1n) is 21.8. The molecule has 3 saturated heterocycles. The lowest BCUT2D eigenvalue weighted by Crippen LogP contribution is -2.62. The number of aliphatic hydroxyl groups is 1. The molecule has 2 aromatic heterocycles. The van der Waals surface area contributed by atoms with Gasteiger partial charge in [0.2, 0.25) is 5.91 Å². The Labute approximate surface area is 360 Å². The molecule has 2 amide bonds. The van der Waals surface area contributed by atoms with E-state index in [9.17, 15) is 24.3 Å². The number of pyridine rings is 1. The fourth-order valence-electron chi connectivity index (χ4n) is 9.81. The fraction of sp³-hybridized carbons (Fsp3) is 0.750. The van der Waals surface area contributed by atoms with Crippen LogP contribution in [0.1, 0.15) is 94.4 Å². The van der Waals surface area contributed by atoms with Crippen LogP contribution in [0, 0.1) is 17.8 Å². The third kappa shape index (κ3) is 10.4. The van der Waals surface area contributed by atoms with Crippen LogP contribution in [0.15, 0.2) is 30.6 Å². The Kier molecular flexibility index (Phi) is 15.7. The van der Waals surface area contributed by atoms with Gasteiger partial charge in [-0.3, -0.25) is 28.9 Å². The van der Waals surface area contributed by atoms with E-state index in [1.54, 1.807) is 41.6 Å². The molecule has 3 aliphatic rings. The molecule has 0 saturated carbocycles. The molecule has 3 aliphatic heterocycles. The normalized spacial score (nSPS) is 35.6. The van der Waals surface area contributed by atoms with Crippen molar-refractivity contribution >= 4 is 23.8 Å². The number of aliphatic hydroxyl groups excluding tert-OH is 1. The summed E-state index contributed by atoms with van der Waals surface area (Å²) in [6.45, 7) is 17.0. The number of carbonyl (C=O) groups excluding carboxylic acids is 4. The molecule has 3 unspecified atom stereocenters. The van der Waals surface area contributed by atoms with Gasteiger partial charge >= 0.3 is 12.1 Å². The second kappa shape index (κ2) is 20.0. The molecule has 340 valence electrons. The van der Waals surface area contributed by atoms with E-state index in [1.807, 2.05) is 78.0 Å². The highest BCUT2D eigenvalue weighted by Gasteiger charge is 2.60. The molecule has 13 atom stereocenters. The Bertz CT molecular complexity index is 1810. The van der Waals surface area contributed by atoms with E-state index in [0.717, 1.165) is 5.69 Å². The van der Waals surface area contributed by atoms with Crippen molar-refractivity contribution in [1.82, 2.24) is 34.7 Å². The van der Waals surface area contributed by atoms with Gasteiger partial charge < -0.3 is 38.6 Å². The predicted octanol–water partition coefficient (Wildman–Crippen LogP) is 4.36. The third-order valence-electron chi connectivity index (χ3n) is 13.2. The molecule has 0 radical (unpaired) electrons. The van der Waals surface area contributed by atoms with Gasteiger partial charge in [-0.2, -0.15) is 0 Å². The first-order valence-corrected chi connectivity index (χ1v) is 21.8. The summed E-state index contributed by atoms with van der Waals surface area (Å²) >= 11 is 0. The van der Waals surface area contributed by atoms with Gasteiger partial charge in [-0.25, -0.2) is 4.79 Å². The SMILES string of the molecule is CC[C@H]1OC(=O)[C@H](C)C(=O)[C@H](C)[C@@H](O[C@@H]2OC(C)CC(N(C)C)C2O)[C@](C)(OC)C[C@@H](C)CN(C(C)=O)[C@H](C)[C@H]2N(CCCCn3cc(-c4ccccn4)nn3)C(=O)O[C@]12C. The van der Waals surface area contributed by atoms with Crippen LogP contribution in [0.5, 0.6) is 0 Å². The van der Waals surface area contributed by atoms with E-state index in [4.69, 9.17) is 23.7 Å². The number of ether oxygens (including phenoxy) is 5. The Morgan fingerprint density at radius 1 is 1.05 bits per heavy atom. The molecule has 0 aliphatic carbocycles. The lowest BCUT2D eigenvalue weighted by atomic mass is 9.78. The lowest BCUT2D eigenvalue weighted by Gasteiger charge is -2.47. The molecule has 0 spiro atoms. The minimum atomic E-state index is -1.39. The van der Waals surface area contributed by atoms with Gasteiger partial charge in [0.25, 0.3) is 0 Å². The number of rotatable bonds is 11. The van der Waals surface area contributed by atoms with Crippen LogP contribution in [0.25, 0.3) is 11.4 Å². The van der Waals surface area contributed by atoms with Crippen molar-refractivity contribution in [2.24, 2.45) is 17.8 Å². The van der Waals surface area contributed by atoms with E-state index >= 15 is 0 Å². The number of carbonyl (C=O) groups is 4. The number of Topliss-reactive ketones (excluding diaryl/α,β-unsaturated/α-hetero) is 1. The van der Waals surface area contributed by atoms with Gasteiger partial charge in [0.15, 0.2) is 17.7 Å². The number of nitrogens with zero attached hydrogens (tertiary/aromatic N) is 7. The second-order valence-corrected chi connectivity index (χ2v) is 18.1. The molecule has 17 heteroatoms. The molecule has 0 bridgehead atoms. The summed E-state index contributed by atoms with van der Waals surface area (Å²) in [5, 5.41) is 20.0. The number of esters is 1. The number of hydrogen-bond donors (Lipinski definition) is 1. The summed E-state index contributed by atoms with van der Waals surface area (Å²) in [5.74, 6) is -3.82. The largest absolute Gasteiger partial charge is 0.458 e. The fourth-order valence-corrected chi connectivity index (χ4v) is 9.81. The van der Waals surface area contributed by atoms with Crippen LogP contribution in [0.4, 0.5) is 4.79 Å². The number of methoxy groups -OCH3 is 1. The van der Waals surface area contributed by atoms with E-state index in [2.05, 4.69) is 15.3 Å². The average molecular weight is 856 g/mol. The molecular weight excluding hydrogens is 787 g/mol. The number of fused-ring (bicyclic) bond motifs is 1. The quantitative estimate of drug-likeness (QED) is 0.191. The number of unbranched alkanes of at least 4 members (excludes halogenated alkanes) is 1. The van der Waals surface area contributed by atoms with Gasteiger partial charge in [0.1, 0.15) is 23.8 Å². The number of hydrogen-bond acceptors (Lipinski definition) is 14. The second-order valence-electron chi connectivity index (χ2n) is 18.1.